The Morgan fingerprint density at radius 2 is 1.43 bits per heavy atom. The molecular weight excluding hydrogens is 757 g/mol. The average Bonchev–Trinajstić information content (AvgIpc) is 3.81. The fourth-order valence-electron chi connectivity index (χ4n) is 5.58. The number of piperidine rings is 1. The lowest BCUT2D eigenvalue weighted by Crippen LogP contribution is -2.52. The van der Waals surface area contributed by atoms with E-state index in [9.17, 15) is 44.3 Å². The number of rotatable bonds is 6. The molecule has 0 unspecified atom stereocenters. The molecule has 5 heterocycles. The summed E-state index contributed by atoms with van der Waals surface area (Å²) < 4.78 is 97.3. The van der Waals surface area contributed by atoms with Crippen LogP contribution in [0.15, 0.2) is 54.2 Å². The monoisotopic (exact) mass is 791 g/mol. The van der Waals surface area contributed by atoms with Crippen LogP contribution in [0, 0.1) is 5.41 Å². The first-order valence-corrected chi connectivity index (χ1v) is 16.2. The van der Waals surface area contributed by atoms with Gasteiger partial charge in [-0.2, -0.15) is 44.6 Å². The molecule has 2 aliphatic heterocycles. The molecule has 0 bridgehead atoms. The maximum atomic E-state index is 14.1. The van der Waals surface area contributed by atoms with Crippen LogP contribution in [-0.4, -0.2) is 102 Å². The third-order valence-corrected chi connectivity index (χ3v) is 8.55. The van der Waals surface area contributed by atoms with Crippen molar-refractivity contribution in [2.45, 2.75) is 70.3 Å². The van der Waals surface area contributed by atoms with Crippen molar-refractivity contribution in [3.8, 4) is 0 Å². The summed E-state index contributed by atoms with van der Waals surface area (Å²) in [5.74, 6) is -7.84. The smallest absolute Gasteiger partial charge is 0.475 e. The summed E-state index contributed by atoms with van der Waals surface area (Å²) in [4.78, 5) is 51.2. The standard InChI is InChI=1S/C25H31N5OS.3C2HF3O2/c1-19(2)30-23(9-12-27-30)22-17-28(16-21-8-5-14-32-21)18-25(22)10-6-13-29(24(25)31)15-20-7-3-4-11-26-20;3*3-2(4,5)1(6)7/h3-5,7-9,11-12,14,19,22H,6,10,13,15-18H2,1-2H3;3*(H,6,7)/t22-,25+;;;/m0.../s1. The summed E-state index contributed by atoms with van der Waals surface area (Å²) in [6.45, 7) is 8.31. The highest BCUT2D eigenvalue weighted by Gasteiger charge is 2.56. The minimum absolute atomic E-state index is 0.145. The maximum Gasteiger partial charge on any atom is 0.490 e. The number of aliphatic carboxylic acids is 3. The van der Waals surface area contributed by atoms with E-state index in [0.29, 0.717) is 6.54 Å². The summed E-state index contributed by atoms with van der Waals surface area (Å²) in [5.41, 5.74) is 1.74. The Labute approximate surface area is 299 Å². The Kier molecular flexibility index (Phi) is 15.4. The number of amides is 1. The van der Waals surface area contributed by atoms with E-state index >= 15 is 0 Å². The summed E-state index contributed by atoms with van der Waals surface area (Å²) >= 11 is 1.79. The van der Waals surface area contributed by atoms with Crippen molar-refractivity contribution in [2.24, 2.45) is 5.41 Å². The number of hydrogen-bond acceptors (Lipinski definition) is 8. The number of carbonyl (C=O) groups excluding carboxylic acids is 1. The second-order valence-electron chi connectivity index (χ2n) is 11.8. The first-order chi connectivity index (χ1) is 24.4. The zero-order chi connectivity index (χ0) is 40.4. The number of likely N-dealkylation sites (tertiary alicyclic amines) is 2. The number of carboxylic acid groups (broad SMARTS) is 3. The van der Waals surface area contributed by atoms with E-state index in [1.807, 2.05) is 35.5 Å². The zero-order valence-corrected chi connectivity index (χ0v) is 28.6. The van der Waals surface area contributed by atoms with Gasteiger partial charge in [-0.05, 0) is 56.3 Å². The second-order valence-corrected chi connectivity index (χ2v) is 12.8. The van der Waals surface area contributed by atoms with Gasteiger partial charge in [0.25, 0.3) is 0 Å². The van der Waals surface area contributed by atoms with Gasteiger partial charge in [0.15, 0.2) is 0 Å². The number of nitrogens with zero attached hydrogens (tertiary/aromatic N) is 5. The lowest BCUT2D eigenvalue weighted by Gasteiger charge is -2.42. The quantitative estimate of drug-likeness (QED) is 0.244. The van der Waals surface area contributed by atoms with Gasteiger partial charge in [0.2, 0.25) is 5.91 Å². The van der Waals surface area contributed by atoms with Crippen LogP contribution in [-0.2, 0) is 32.3 Å². The Bertz CT molecular complexity index is 1590. The number of hydrogen-bond donors (Lipinski definition) is 3. The summed E-state index contributed by atoms with van der Waals surface area (Å²) in [6.07, 6.45) is -9.59. The van der Waals surface area contributed by atoms with Crippen molar-refractivity contribution in [3.05, 3.63) is 70.4 Å². The van der Waals surface area contributed by atoms with E-state index in [1.54, 1.807) is 11.3 Å². The highest BCUT2D eigenvalue weighted by Crippen LogP contribution is 2.50. The van der Waals surface area contributed by atoms with Crippen molar-refractivity contribution in [1.82, 2.24) is 24.6 Å². The number of carboxylic acids is 3. The lowest BCUT2D eigenvalue weighted by atomic mass is 9.70. The van der Waals surface area contributed by atoms with Gasteiger partial charge in [0.1, 0.15) is 0 Å². The Hall–Kier alpha value is -4.73. The third-order valence-electron chi connectivity index (χ3n) is 7.69. The molecule has 22 heteroatoms. The number of pyridine rings is 1. The van der Waals surface area contributed by atoms with Crippen LogP contribution in [0.2, 0.25) is 0 Å². The molecule has 1 spiro atoms. The molecule has 2 fully saturated rings. The number of halogens is 9. The number of alkyl halides is 9. The largest absolute Gasteiger partial charge is 0.490 e. The molecule has 1 amide bonds. The van der Waals surface area contributed by atoms with Crippen LogP contribution in [0.25, 0.3) is 0 Å². The normalized spacial score (nSPS) is 19.1. The molecule has 12 nitrogen and oxygen atoms in total. The summed E-state index contributed by atoms with van der Waals surface area (Å²) in [6, 6.07) is 12.6. The minimum Gasteiger partial charge on any atom is -0.475 e. The molecule has 2 aliphatic rings. The predicted molar refractivity (Wildman–Crippen MR) is 167 cm³/mol. The van der Waals surface area contributed by atoms with Gasteiger partial charge in [-0.3, -0.25) is 19.4 Å². The summed E-state index contributed by atoms with van der Waals surface area (Å²) in [7, 11) is 0. The van der Waals surface area contributed by atoms with Gasteiger partial charge in [-0.1, -0.05) is 12.1 Å². The van der Waals surface area contributed by atoms with Crippen LogP contribution in [0.5, 0.6) is 0 Å². The first kappa shape index (κ1) is 44.4. The van der Waals surface area contributed by atoms with Crippen LogP contribution in [0.3, 0.4) is 0 Å². The molecule has 5 rings (SSSR count). The van der Waals surface area contributed by atoms with Crippen molar-refractivity contribution in [1.29, 1.82) is 0 Å². The molecule has 3 aromatic rings. The van der Waals surface area contributed by atoms with Gasteiger partial charge in [-0.25, -0.2) is 14.4 Å². The Morgan fingerprint density at radius 3 is 1.89 bits per heavy atom. The molecule has 0 saturated carbocycles. The van der Waals surface area contributed by atoms with Gasteiger partial charge >= 0.3 is 36.4 Å². The van der Waals surface area contributed by atoms with E-state index in [-0.39, 0.29) is 17.9 Å². The maximum absolute atomic E-state index is 14.1. The molecule has 2 atom stereocenters. The van der Waals surface area contributed by atoms with Crippen LogP contribution in [0.1, 0.15) is 54.9 Å². The molecule has 3 N–H and O–H groups in total. The molecule has 294 valence electrons. The van der Waals surface area contributed by atoms with Gasteiger partial charge in [0, 0.05) is 61.1 Å². The zero-order valence-electron chi connectivity index (χ0n) is 27.8. The molecular formula is C31H34F9N5O7S. The molecule has 0 aromatic carbocycles. The topological polar surface area (TPSA) is 166 Å². The highest BCUT2D eigenvalue weighted by atomic mass is 32.1. The van der Waals surface area contributed by atoms with E-state index < -0.39 is 41.9 Å². The Morgan fingerprint density at radius 1 is 0.868 bits per heavy atom. The van der Waals surface area contributed by atoms with E-state index in [1.165, 1.54) is 10.6 Å². The molecule has 2 saturated heterocycles. The van der Waals surface area contributed by atoms with Crippen molar-refractivity contribution >= 4 is 35.2 Å². The molecule has 0 radical (unpaired) electrons. The van der Waals surface area contributed by atoms with Crippen LogP contribution in [0.4, 0.5) is 39.5 Å². The fourth-order valence-corrected chi connectivity index (χ4v) is 6.32. The van der Waals surface area contributed by atoms with Crippen molar-refractivity contribution in [2.75, 3.05) is 19.6 Å². The predicted octanol–water partition coefficient (Wildman–Crippen LogP) is 6.23. The number of carbonyl (C=O) groups is 4. The van der Waals surface area contributed by atoms with E-state index in [4.69, 9.17) is 29.7 Å². The summed E-state index contributed by atoms with van der Waals surface area (Å²) in [5, 5.41) is 28.1. The van der Waals surface area contributed by atoms with Crippen molar-refractivity contribution < 1.29 is 74.0 Å². The second kappa shape index (κ2) is 18.3. The lowest BCUT2D eigenvalue weighted by molar-refractivity contribution is -0.193. The van der Waals surface area contributed by atoms with Crippen LogP contribution < -0.4 is 0 Å². The molecule has 0 aliphatic carbocycles. The molecule has 3 aromatic heterocycles. The van der Waals surface area contributed by atoms with Crippen molar-refractivity contribution in [3.63, 3.8) is 0 Å². The van der Waals surface area contributed by atoms with E-state index in [0.717, 1.165) is 44.7 Å². The number of thiophene rings is 1. The third kappa shape index (κ3) is 13.0. The van der Waals surface area contributed by atoms with E-state index in [2.05, 4.69) is 57.1 Å². The fraction of sp³-hybridized carbons (Fsp3) is 0.484. The number of aromatic nitrogens is 3. The molecule has 53 heavy (non-hydrogen) atoms. The first-order valence-electron chi connectivity index (χ1n) is 15.3. The van der Waals surface area contributed by atoms with Gasteiger partial charge < -0.3 is 20.2 Å². The minimum atomic E-state index is -5.08. The average molecular weight is 792 g/mol. The SMILES string of the molecule is CC(C)n1nccc1[C@@H]1CN(Cc2cccs2)C[C@]12CCCN(Cc1ccccn1)C2=O.O=C(O)C(F)(F)F.O=C(O)C(F)(F)F.O=C(O)C(F)(F)F. The van der Waals surface area contributed by atoms with Gasteiger partial charge in [0.05, 0.1) is 17.7 Å². The highest BCUT2D eigenvalue weighted by molar-refractivity contribution is 7.09. The van der Waals surface area contributed by atoms with Gasteiger partial charge in [-0.15, -0.1) is 11.3 Å². The van der Waals surface area contributed by atoms with Crippen LogP contribution >= 0.6 is 11.3 Å². The Balaban J connectivity index is 0.000000379.